The van der Waals surface area contributed by atoms with Gasteiger partial charge in [-0.25, -0.2) is 0 Å². The number of ketones is 1. The molecule has 0 fully saturated rings. The Bertz CT molecular complexity index is 1310. The van der Waals surface area contributed by atoms with Crippen molar-refractivity contribution in [3.05, 3.63) is 119 Å². The number of halogens is 1. The number of rotatable bonds is 12. The summed E-state index contributed by atoms with van der Waals surface area (Å²) in [4.78, 5) is 31.9. The van der Waals surface area contributed by atoms with Crippen LogP contribution < -0.4 is 16.8 Å². The molecule has 0 aliphatic heterocycles. The number of hydrogen-bond acceptors (Lipinski definition) is 7. The molecule has 9 heteroatoms. The van der Waals surface area contributed by atoms with Gasteiger partial charge in [0.2, 0.25) is 11.8 Å². The van der Waals surface area contributed by atoms with Crippen LogP contribution in [0.5, 0.6) is 0 Å². The molecular weight excluding hydrogens is 514 g/mol. The molecule has 1 atom stereocenters. The van der Waals surface area contributed by atoms with Gasteiger partial charge in [-0.2, -0.15) is 4.98 Å². The van der Waals surface area contributed by atoms with Crippen LogP contribution in [0.1, 0.15) is 52.7 Å². The van der Waals surface area contributed by atoms with Crippen molar-refractivity contribution in [1.29, 1.82) is 0 Å². The Morgan fingerprint density at radius 2 is 1.49 bits per heavy atom. The Balaban J connectivity index is 0.00000420. The molecule has 0 bridgehead atoms. The number of Topliss-reactive ketones (excluding diaryl/α,β-unsaturated/α-hetero) is 1. The van der Waals surface area contributed by atoms with E-state index in [2.05, 4.69) is 15.5 Å². The molecule has 204 valence electrons. The van der Waals surface area contributed by atoms with Crippen molar-refractivity contribution in [1.82, 2.24) is 15.5 Å². The highest BCUT2D eigenvalue weighted by Gasteiger charge is 2.45. The highest BCUT2D eigenvalue weighted by Crippen LogP contribution is 2.31. The van der Waals surface area contributed by atoms with E-state index >= 15 is 0 Å². The lowest BCUT2D eigenvalue weighted by atomic mass is 9.76. The number of aryl methyl sites for hydroxylation is 1. The van der Waals surface area contributed by atoms with Crippen molar-refractivity contribution in [2.75, 3.05) is 6.54 Å². The molecule has 4 aromatic rings. The average molecular weight is 548 g/mol. The predicted octanol–water partition coefficient (Wildman–Crippen LogP) is 3.84. The summed E-state index contributed by atoms with van der Waals surface area (Å²) < 4.78 is 5.18. The fourth-order valence-electron chi connectivity index (χ4n) is 4.47. The smallest absolute Gasteiger partial charge is 0.248 e. The summed E-state index contributed by atoms with van der Waals surface area (Å²) >= 11 is 0. The second-order valence-electron chi connectivity index (χ2n) is 9.39. The normalized spacial score (nSPS) is 12.4. The summed E-state index contributed by atoms with van der Waals surface area (Å²) in [6.07, 6.45) is 1.11. The molecule has 4 rings (SSSR count). The van der Waals surface area contributed by atoms with Crippen LogP contribution in [0, 0.1) is 6.92 Å². The van der Waals surface area contributed by atoms with Crippen LogP contribution in [0.2, 0.25) is 0 Å². The van der Waals surface area contributed by atoms with Crippen molar-refractivity contribution in [2.45, 2.75) is 44.2 Å². The third-order valence-corrected chi connectivity index (χ3v) is 6.55. The number of amides is 1. The second-order valence-corrected chi connectivity index (χ2v) is 9.39. The van der Waals surface area contributed by atoms with Crippen LogP contribution in [0.25, 0.3) is 0 Å². The number of nitrogens with one attached hydrogen (secondary N) is 1. The Kier molecular flexibility index (Phi) is 10.5. The molecule has 0 spiro atoms. The van der Waals surface area contributed by atoms with E-state index in [1.54, 1.807) is 6.92 Å². The van der Waals surface area contributed by atoms with Crippen LogP contribution in [0.3, 0.4) is 0 Å². The minimum Gasteiger partial charge on any atom is -0.350 e. The van der Waals surface area contributed by atoms with E-state index in [1.807, 2.05) is 84.9 Å². The molecule has 0 saturated heterocycles. The largest absolute Gasteiger partial charge is 0.350 e. The Labute approximate surface area is 234 Å². The van der Waals surface area contributed by atoms with Gasteiger partial charge in [-0.3, -0.25) is 9.59 Å². The van der Waals surface area contributed by atoms with Gasteiger partial charge < -0.3 is 21.3 Å². The van der Waals surface area contributed by atoms with Crippen molar-refractivity contribution < 1.29 is 14.1 Å². The molecule has 0 radical (unpaired) electrons. The highest BCUT2D eigenvalue weighted by molar-refractivity contribution is 6.13. The molecule has 0 aliphatic carbocycles. The molecule has 5 N–H and O–H groups in total. The van der Waals surface area contributed by atoms with Gasteiger partial charge in [-0.1, -0.05) is 90.1 Å². The van der Waals surface area contributed by atoms with Crippen molar-refractivity contribution in [3.8, 4) is 0 Å². The number of aromatic nitrogens is 2. The number of hydrogen-bond donors (Lipinski definition) is 3. The molecule has 3 aromatic carbocycles. The quantitative estimate of drug-likeness (QED) is 0.229. The number of carbonyl (C=O) groups is 2. The summed E-state index contributed by atoms with van der Waals surface area (Å²) in [6.45, 7) is 2.33. The summed E-state index contributed by atoms with van der Waals surface area (Å²) in [6, 6.07) is 26.5. The Morgan fingerprint density at radius 3 is 2.00 bits per heavy atom. The third-order valence-electron chi connectivity index (χ3n) is 6.55. The van der Waals surface area contributed by atoms with Crippen molar-refractivity contribution in [3.63, 3.8) is 0 Å². The lowest BCUT2D eigenvalue weighted by Gasteiger charge is -2.31. The van der Waals surface area contributed by atoms with E-state index in [0.29, 0.717) is 31.1 Å². The Hall–Kier alpha value is -3.85. The molecular formula is C30H34ClN5O3. The van der Waals surface area contributed by atoms with Gasteiger partial charge in [0.1, 0.15) is 0 Å². The molecule has 0 unspecified atom stereocenters. The lowest BCUT2D eigenvalue weighted by Crippen LogP contribution is -2.61. The third kappa shape index (κ3) is 7.38. The fraction of sp³-hybridized carbons (Fsp3) is 0.267. The van der Waals surface area contributed by atoms with Crippen LogP contribution in [0.15, 0.2) is 89.5 Å². The van der Waals surface area contributed by atoms with Gasteiger partial charge in [0.25, 0.3) is 0 Å². The zero-order valence-corrected chi connectivity index (χ0v) is 22.7. The van der Waals surface area contributed by atoms with E-state index in [-0.39, 0.29) is 31.2 Å². The minimum absolute atomic E-state index is 0. The molecule has 1 amide bonds. The van der Waals surface area contributed by atoms with Gasteiger partial charge >= 0.3 is 0 Å². The zero-order chi connectivity index (χ0) is 27.0. The maximum atomic E-state index is 14.1. The first-order valence-corrected chi connectivity index (χ1v) is 12.7. The van der Waals surface area contributed by atoms with E-state index in [4.69, 9.17) is 16.0 Å². The van der Waals surface area contributed by atoms with Crippen molar-refractivity contribution >= 4 is 24.1 Å². The summed E-state index contributed by atoms with van der Waals surface area (Å²) in [5.74, 6) is -0.417. The van der Waals surface area contributed by atoms with Crippen LogP contribution in [-0.4, -0.2) is 33.9 Å². The topological polar surface area (TPSA) is 137 Å². The molecule has 8 nitrogen and oxygen atoms in total. The van der Waals surface area contributed by atoms with E-state index < -0.39 is 17.4 Å². The molecule has 39 heavy (non-hydrogen) atoms. The number of nitrogens with zero attached hydrogens (tertiary/aromatic N) is 2. The maximum Gasteiger partial charge on any atom is 0.248 e. The first-order chi connectivity index (χ1) is 18.4. The molecule has 1 aromatic heterocycles. The molecule has 0 saturated carbocycles. The summed E-state index contributed by atoms with van der Waals surface area (Å²) in [5.41, 5.74) is 14.1. The van der Waals surface area contributed by atoms with Gasteiger partial charge in [-0.05, 0) is 48.6 Å². The van der Waals surface area contributed by atoms with E-state index in [9.17, 15) is 9.59 Å². The first kappa shape index (κ1) is 29.7. The summed E-state index contributed by atoms with van der Waals surface area (Å²) in [7, 11) is 0. The van der Waals surface area contributed by atoms with Crippen LogP contribution >= 0.6 is 12.4 Å². The van der Waals surface area contributed by atoms with Gasteiger partial charge in [0.15, 0.2) is 17.1 Å². The van der Waals surface area contributed by atoms with E-state index in [0.717, 1.165) is 22.3 Å². The number of benzene rings is 3. The summed E-state index contributed by atoms with van der Waals surface area (Å²) in [5, 5.41) is 6.70. The molecule has 1 heterocycles. The van der Waals surface area contributed by atoms with Gasteiger partial charge in [-0.15, -0.1) is 12.4 Å². The van der Waals surface area contributed by atoms with E-state index in [1.165, 1.54) is 0 Å². The standard InChI is InChI=1S/C30H33N5O3.ClH/c1-21-34-26(38-35-21)19-22-13-15-23(16-14-22)20-33-29(37)30(32,17-8-18-31)28(36)27(24-9-4-2-5-10-24)25-11-6-3-7-12-25;/h2-7,9-16,27H,8,17-20,31-32H2,1H3,(H,33,37);1H/t30-;/m1./s1. The average Bonchev–Trinajstić information content (AvgIpc) is 3.36. The predicted molar refractivity (Wildman–Crippen MR) is 152 cm³/mol. The lowest BCUT2D eigenvalue weighted by molar-refractivity contribution is -0.136. The SMILES string of the molecule is Cc1noc(Cc2ccc(CNC(=O)[C@@](N)(CCCN)C(=O)C(c3ccccc3)c3ccccc3)cc2)n1.Cl. The fourth-order valence-corrected chi connectivity index (χ4v) is 4.47. The highest BCUT2D eigenvalue weighted by atomic mass is 35.5. The van der Waals surface area contributed by atoms with Crippen molar-refractivity contribution in [2.24, 2.45) is 11.5 Å². The number of carbonyl (C=O) groups excluding carboxylic acids is 2. The first-order valence-electron chi connectivity index (χ1n) is 12.7. The Morgan fingerprint density at radius 1 is 0.923 bits per heavy atom. The van der Waals surface area contributed by atoms with Gasteiger partial charge in [0.05, 0.1) is 12.3 Å². The minimum atomic E-state index is -1.74. The second kappa shape index (κ2) is 13.8. The van der Waals surface area contributed by atoms with Crippen LogP contribution in [0.4, 0.5) is 0 Å². The van der Waals surface area contributed by atoms with Crippen LogP contribution in [-0.2, 0) is 22.6 Å². The maximum absolute atomic E-state index is 14.1. The zero-order valence-electron chi connectivity index (χ0n) is 21.9. The van der Waals surface area contributed by atoms with Gasteiger partial charge in [0, 0.05) is 6.54 Å². The molecule has 0 aliphatic rings. The monoisotopic (exact) mass is 547 g/mol. The number of nitrogens with two attached hydrogens (primary N) is 2.